The van der Waals surface area contributed by atoms with Crippen molar-refractivity contribution in [2.45, 2.75) is 33.1 Å². The summed E-state index contributed by atoms with van der Waals surface area (Å²) >= 11 is 0. The molecule has 0 bridgehead atoms. The molecule has 0 aliphatic carbocycles. The quantitative estimate of drug-likeness (QED) is 0.740. The van der Waals surface area contributed by atoms with Crippen LogP contribution in [0.2, 0.25) is 0 Å². The van der Waals surface area contributed by atoms with E-state index in [0.29, 0.717) is 18.4 Å². The van der Waals surface area contributed by atoms with E-state index in [1.54, 1.807) is 12.2 Å². The van der Waals surface area contributed by atoms with Gasteiger partial charge in [-0.2, -0.15) is 0 Å². The van der Waals surface area contributed by atoms with Gasteiger partial charge in [0.2, 0.25) is 5.91 Å². The summed E-state index contributed by atoms with van der Waals surface area (Å²) in [5.74, 6) is 1.52. The van der Waals surface area contributed by atoms with Gasteiger partial charge in [-0.15, -0.1) is 0 Å². The second-order valence-electron chi connectivity index (χ2n) is 4.71. The van der Waals surface area contributed by atoms with Crippen LogP contribution in [0.3, 0.4) is 0 Å². The maximum Gasteiger partial charge on any atom is 0.246 e. The van der Waals surface area contributed by atoms with Crippen molar-refractivity contribution in [2.24, 2.45) is 17.6 Å². The van der Waals surface area contributed by atoms with E-state index in [1.165, 1.54) is 12.8 Å². The lowest BCUT2D eigenvalue weighted by atomic mass is 9.85. The van der Waals surface area contributed by atoms with Crippen molar-refractivity contribution in [3.63, 3.8) is 0 Å². The van der Waals surface area contributed by atoms with Gasteiger partial charge in [0.05, 0.1) is 0 Å². The lowest BCUT2D eigenvalue weighted by Crippen LogP contribution is -2.40. The molecule has 0 aromatic carbocycles. The number of amides is 1. The zero-order chi connectivity index (χ0) is 12.0. The number of hydrogen-bond donors (Lipinski definition) is 1. The average molecular weight is 224 g/mol. The van der Waals surface area contributed by atoms with E-state index < -0.39 is 0 Å². The molecule has 92 valence electrons. The molecule has 3 heteroatoms. The Morgan fingerprint density at radius 1 is 1.62 bits per heavy atom. The van der Waals surface area contributed by atoms with Gasteiger partial charge < -0.3 is 10.6 Å². The molecule has 0 spiro atoms. The van der Waals surface area contributed by atoms with Crippen molar-refractivity contribution >= 4 is 5.91 Å². The lowest BCUT2D eigenvalue weighted by Gasteiger charge is -2.35. The third kappa shape index (κ3) is 3.63. The zero-order valence-electron chi connectivity index (χ0n) is 10.5. The first-order valence-corrected chi connectivity index (χ1v) is 6.34. The van der Waals surface area contributed by atoms with E-state index in [1.807, 2.05) is 4.90 Å². The van der Waals surface area contributed by atoms with Gasteiger partial charge in [0.1, 0.15) is 0 Å². The van der Waals surface area contributed by atoms with E-state index >= 15 is 0 Å². The Labute approximate surface area is 98.7 Å². The summed E-state index contributed by atoms with van der Waals surface area (Å²) in [6.07, 6.45) is 6.94. The first kappa shape index (κ1) is 13.2. The third-order valence-corrected chi connectivity index (χ3v) is 3.61. The molecule has 0 aromatic rings. The Bertz CT molecular complexity index is 250. The molecule has 1 aliphatic rings. The van der Waals surface area contributed by atoms with Crippen LogP contribution in [0.4, 0.5) is 0 Å². The van der Waals surface area contributed by atoms with Gasteiger partial charge in [-0.05, 0) is 24.7 Å². The molecule has 1 fully saturated rings. The third-order valence-electron chi connectivity index (χ3n) is 3.61. The van der Waals surface area contributed by atoms with Crippen LogP contribution in [0, 0.1) is 11.8 Å². The average Bonchev–Trinajstić information content (AvgIpc) is 2.35. The highest BCUT2D eigenvalue weighted by atomic mass is 16.2. The van der Waals surface area contributed by atoms with Crippen LogP contribution in [0.25, 0.3) is 0 Å². The molecule has 1 saturated heterocycles. The fourth-order valence-corrected chi connectivity index (χ4v) is 2.28. The molecule has 0 aromatic heterocycles. The molecule has 1 aliphatic heterocycles. The molecule has 1 heterocycles. The van der Waals surface area contributed by atoms with Crippen LogP contribution in [-0.4, -0.2) is 30.4 Å². The van der Waals surface area contributed by atoms with Gasteiger partial charge in [-0.1, -0.05) is 26.3 Å². The zero-order valence-corrected chi connectivity index (χ0v) is 10.5. The van der Waals surface area contributed by atoms with Crippen LogP contribution in [0.15, 0.2) is 12.2 Å². The van der Waals surface area contributed by atoms with Crippen LogP contribution >= 0.6 is 0 Å². The number of nitrogens with two attached hydrogens (primary N) is 1. The second-order valence-corrected chi connectivity index (χ2v) is 4.71. The molecule has 2 N–H and O–H groups in total. The van der Waals surface area contributed by atoms with Crippen LogP contribution in [-0.2, 0) is 4.79 Å². The number of nitrogens with zero attached hydrogens (tertiary/aromatic N) is 1. The highest BCUT2D eigenvalue weighted by Crippen LogP contribution is 2.25. The minimum Gasteiger partial charge on any atom is -0.339 e. The van der Waals surface area contributed by atoms with Crippen molar-refractivity contribution in [3.8, 4) is 0 Å². The number of carbonyl (C=O) groups excluding carboxylic acids is 1. The van der Waals surface area contributed by atoms with Gasteiger partial charge in [0, 0.05) is 25.7 Å². The molecule has 0 radical (unpaired) electrons. The van der Waals surface area contributed by atoms with Crippen LogP contribution in [0.1, 0.15) is 33.1 Å². The van der Waals surface area contributed by atoms with Gasteiger partial charge in [0.25, 0.3) is 0 Å². The predicted molar refractivity (Wildman–Crippen MR) is 67.0 cm³/mol. The highest BCUT2D eigenvalue weighted by molar-refractivity contribution is 5.87. The lowest BCUT2D eigenvalue weighted by molar-refractivity contribution is -0.128. The number of rotatable bonds is 4. The monoisotopic (exact) mass is 224 g/mol. The maximum atomic E-state index is 11.8. The van der Waals surface area contributed by atoms with Gasteiger partial charge in [-0.3, -0.25) is 4.79 Å². The minimum absolute atomic E-state index is 0.124. The molecule has 3 nitrogen and oxygen atoms in total. The largest absolute Gasteiger partial charge is 0.339 e. The molecular weight excluding hydrogens is 200 g/mol. The normalized spacial score (nSPS) is 23.7. The summed E-state index contributed by atoms with van der Waals surface area (Å²) in [6.45, 7) is 6.77. The molecule has 2 unspecified atom stereocenters. The summed E-state index contributed by atoms with van der Waals surface area (Å²) in [6, 6.07) is 0. The SMILES string of the molecule is CCC(C)C1CCCN(C(=O)/C=C/CN)C1. The maximum absolute atomic E-state index is 11.8. The molecule has 1 rings (SSSR count). The first-order valence-electron chi connectivity index (χ1n) is 6.34. The minimum atomic E-state index is 0.124. The molecule has 1 amide bonds. The van der Waals surface area contributed by atoms with E-state index in [-0.39, 0.29) is 5.91 Å². The van der Waals surface area contributed by atoms with Crippen LogP contribution in [0.5, 0.6) is 0 Å². The smallest absolute Gasteiger partial charge is 0.246 e. The van der Waals surface area contributed by atoms with Crippen molar-refractivity contribution < 1.29 is 4.79 Å². The summed E-state index contributed by atoms with van der Waals surface area (Å²) in [5, 5.41) is 0. The Morgan fingerprint density at radius 3 is 3.00 bits per heavy atom. The topological polar surface area (TPSA) is 46.3 Å². The summed E-state index contributed by atoms with van der Waals surface area (Å²) in [4.78, 5) is 13.8. The molecule has 16 heavy (non-hydrogen) atoms. The molecular formula is C13H24N2O. The van der Waals surface area contributed by atoms with Crippen molar-refractivity contribution in [3.05, 3.63) is 12.2 Å². The first-order chi connectivity index (χ1) is 7.69. The number of likely N-dealkylation sites (tertiary alicyclic amines) is 1. The van der Waals surface area contributed by atoms with Crippen molar-refractivity contribution in [1.82, 2.24) is 4.90 Å². The Morgan fingerprint density at radius 2 is 2.38 bits per heavy atom. The van der Waals surface area contributed by atoms with Gasteiger partial charge >= 0.3 is 0 Å². The molecule has 2 atom stereocenters. The number of hydrogen-bond acceptors (Lipinski definition) is 2. The van der Waals surface area contributed by atoms with E-state index in [4.69, 9.17) is 5.73 Å². The second kappa shape index (κ2) is 6.69. The summed E-state index contributed by atoms with van der Waals surface area (Å²) in [7, 11) is 0. The Hall–Kier alpha value is -0.830. The Balaban J connectivity index is 2.49. The van der Waals surface area contributed by atoms with Crippen LogP contribution < -0.4 is 5.73 Å². The number of carbonyl (C=O) groups is 1. The summed E-state index contributed by atoms with van der Waals surface area (Å²) < 4.78 is 0. The van der Waals surface area contributed by atoms with E-state index in [2.05, 4.69) is 13.8 Å². The van der Waals surface area contributed by atoms with Gasteiger partial charge in [0.15, 0.2) is 0 Å². The van der Waals surface area contributed by atoms with E-state index in [9.17, 15) is 4.79 Å². The summed E-state index contributed by atoms with van der Waals surface area (Å²) in [5.41, 5.74) is 5.35. The fourth-order valence-electron chi connectivity index (χ4n) is 2.28. The highest BCUT2D eigenvalue weighted by Gasteiger charge is 2.25. The predicted octanol–water partition coefficient (Wildman–Crippen LogP) is 1.79. The van der Waals surface area contributed by atoms with Gasteiger partial charge in [-0.25, -0.2) is 0 Å². The van der Waals surface area contributed by atoms with E-state index in [0.717, 1.165) is 19.5 Å². The molecule has 0 saturated carbocycles. The van der Waals surface area contributed by atoms with Crippen molar-refractivity contribution in [1.29, 1.82) is 0 Å². The van der Waals surface area contributed by atoms with Crippen molar-refractivity contribution in [2.75, 3.05) is 19.6 Å². The number of piperidine rings is 1. The fraction of sp³-hybridized carbons (Fsp3) is 0.769. The Kier molecular flexibility index (Phi) is 5.53. The standard InChI is InChI=1S/C13H24N2O/c1-3-11(2)12-6-5-9-15(10-12)13(16)7-4-8-14/h4,7,11-12H,3,5-6,8-10,14H2,1-2H3/b7-4+.